The highest BCUT2D eigenvalue weighted by Crippen LogP contribution is 2.06. The van der Waals surface area contributed by atoms with Crippen LogP contribution in [0.25, 0.3) is 0 Å². The largest absolute Gasteiger partial charge is 0.444 e. The fourth-order valence-corrected chi connectivity index (χ4v) is 1.19. The Labute approximate surface area is 121 Å². The Kier molecular flexibility index (Phi) is 10.4. The SMILES string of the molecule is CCOCCOCCOCC(N)NC(=O)OC(C)(C)C. The van der Waals surface area contributed by atoms with E-state index in [9.17, 15) is 4.79 Å². The molecule has 0 aliphatic carbocycles. The number of hydrogen-bond acceptors (Lipinski definition) is 6. The van der Waals surface area contributed by atoms with Gasteiger partial charge in [-0.1, -0.05) is 0 Å². The van der Waals surface area contributed by atoms with Crippen molar-refractivity contribution in [2.45, 2.75) is 39.5 Å². The number of nitrogens with two attached hydrogens (primary N) is 1. The summed E-state index contributed by atoms with van der Waals surface area (Å²) in [7, 11) is 0. The van der Waals surface area contributed by atoms with Crippen molar-refractivity contribution in [2.75, 3.05) is 39.6 Å². The topological polar surface area (TPSA) is 92.0 Å². The summed E-state index contributed by atoms with van der Waals surface area (Å²) < 4.78 is 20.7. The van der Waals surface area contributed by atoms with Crippen LogP contribution < -0.4 is 11.1 Å². The van der Waals surface area contributed by atoms with Crippen LogP contribution in [-0.4, -0.2) is 57.5 Å². The summed E-state index contributed by atoms with van der Waals surface area (Å²) in [5, 5.41) is 2.49. The lowest BCUT2D eigenvalue weighted by atomic mass is 10.2. The predicted molar refractivity (Wildman–Crippen MR) is 75.5 cm³/mol. The Balaban J connectivity index is 3.45. The third kappa shape index (κ3) is 13.5. The number of nitrogens with one attached hydrogen (secondary N) is 1. The molecule has 0 saturated heterocycles. The van der Waals surface area contributed by atoms with Gasteiger partial charge in [0.2, 0.25) is 0 Å². The lowest BCUT2D eigenvalue weighted by Gasteiger charge is -2.21. The van der Waals surface area contributed by atoms with Gasteiger partial charge in [-0.25, -0.2) is 4.79 Å². The second-order valence-corrected chi connectivity index (χ2v) is 5.14. The average molecular weight is 292 g/mol. The zero-order chi connectivity index (χ0) is 15.4. The standard InChI is InChI=1S/C13H28N2O5/c1-5-17-6-7-18-8-9-19-10-11(14)15-12(16)20-13(2,3)4/h11H,5-10,14H2,1-4H3,(H,15,16). The first kappa shape index (κ1) is 19.1. The zero-order valence-electron chi connectivity index (χ0n) is 12.9. The van der Waals surface area contributed by atoms with Gasteiger partial charge >= 0.3 is 6.09 Å². The fourth-order valence-electron chi connectivity index (χ4n) is 1.19. The molecule has 0 aliphatic heterocycles. The maximum atomic E-state index is 11.4. The molecule has 0 aromatic heterocycles. The quantitative estimate of drug-likeness (QED) is 0.458. The van der Waals surface area contributed by atoms with Crippen LogP contribution in [0.4, 0.5) is 4.79 Å². The van der Waals surface area contributed by atoms with Gasteiger partial charge in [0, 0.05) is 6.61 Å². The molecule has 1 amide bonds. The highest BCUT2D eigenvalue weighted by atomic mass is 16.6. The van der Waals surface area contributed by atoms with Gasteiger partial charge in [-0.2, -0.15) is 0 Å². The van der Waals surface area contributed by atoms with E-state index in [1.54, 1.807) is 20.8 Å². The molecule has 0 saturated carbocycles. The molecule has 120 valence electrons. The second kappa shape index (κ2) is 10.8. The number of amides is 1. The smallest absolute Gasteiger partial charge is 0.408 e. The molecule has 7 nitrogen and oxygen atoms in total. The normalized spacial score (nSPS) is 13.1. The molecule has 0 rings (SSSR count). The Hall–Kier alpha value is -0.890. The van der Waals surface area contributed by atoms with Gasteiger partial charge in [0.15, 0.2) is 0 Å². The van der Waals surface area contributed by atoms with Crippen LogP contribution in [0.15, 0.2) is 0 Å². The van der Waals surface area contributed by atoms with Gasteiger partial charge in [-0.15, -0.1) is 0 Å². The number of carbonyl (C=O) groups is 1. The molecule has 0 spiro atoms. The van der Waals surface area contributed by atoms with Crippen molar-refractivity contribution in [1.29, 1.82) is 0 Å². The summed E-state index contributed by atoms with van der Waals surface area (Å²) in [5.41, 5.74) is 5.13. The van der Waals surface area contributed by atoms with Crippen molar-refractivity contribution < 1.29 is 23.7 Å². The minimum atomic E-state index is -0.603. The van der Waals surface area contributed by atoms with Crippen molar-refractivity contribution in [3.05, 3.63) is 0 Å². The first-order chi connectivity index (χ1) is 9.35. The lowest BCUT2D eigenvalue weighted by Crippen LogP contribution is -2.46. The monoisotopic (exact) mass is 292 g/mol. The van der Waals surface area contributed by atoms with E-state index in [1.807, 2.05) is 6.92 Å². The number of alkyl carbamates (subject to hydrolysis) is 1. The van der Waals surface area contributed by atoms with E-state index in [0.717, 1.165) is 0 Å². The Bertz CT molecular complexity index is 256. The van der Waals surface area contributed by atoms with Crippen LogP contribution in [0.1, 0.15) is 27.7 Å². The highest BCUT2D eigenvalue weighted by molar-refractivity contribution is 5.67. The van der Waals surface area contributed by atoms with Crippen molar-refractivity contribution in [1.82, 2.24) is 5.32 Å². The number of hydrogen-bond donors (Lipinski definition) is 2. The number of rotatable bonds is 10. The fraction of sp³-hybridized carbons (Fsp3) is 0.923. The molecular formula is C13H28N2O5. The number of ether oxygens (including phenoxy) is 4. The van der Waals surface area contributed by atoms with E-state index in [0.29, 0.717) is 33.0 Å². The summed E-state index contributed by atoms with van der Waals surface area (Å²) in [6.45, 7) is 10.2. The molecule has 7 heteroatoms. The minimum Gasteiger partial charge on any atom is -0.444 e. The van der Waals surface area contributed by atoms with Crippen LogP contribution in [-0.2, 0) is 18.9 Å². The summed E-state index contributed by atoms with van der Waals surface area (Å²) in [6.07, 6.45) is -1.16. The Morgan fingerprint density at radius 1 is 1.10 bits per heavy atom. The molecule has 0 aromatic carbocycles. The van der Waals surface area contributed by atoms with Crippen molar-refractivity contribution in [3.63, 3.8) is 0 Å². The molecule has 0 heterocycles. The second-order valence-electron chi connectivity index (χ2n) is 5.14. The van der Waals surface area contributed by atoms with Gasteiger partial charge in [-0.3, -0.25) is 0 Å². The molecule has 20 heavy (non-hydrogen) atoms. The van der Waals surface area contributed by atoms with Crippen LogP contribution in [0.2, 0.25) is 0 Å². The molecule has 0 radical (unpaired) electrons. The van der Waals surface area contributed by atoms with Gasteiger partial charge < -0.3 is 30.0 Å². The van der Waals surface area contributed by atoms with Gasteiger partial charge in [-0.05, 0) is 27.7 Å². The first-order valence-corrected chi connectivity index (χ1v) is 6.83. The summed E-state index contributed by atoms with van der Waals surface area (Å²) >= 11 is 0. The molecule has 0 aliphatic rings. The third-order valence-electron chi connectivity index (χ3n) is 1.95. The van der Waals surface area contributed by atoms with E-state index in [-0.39, 0.29) is 6.61 Å². The minimum absolute atomic E-state index is 0.202. The maximum absolute atomic E-state index is 11.4. The molecule has 0 aromatic rings. The molecule has 0 bridgehead atoms. The summed E-state index contributed by atoms with van der Waals surface area (Å²) in [6, 6.07) is 0. The highest BCUT2D eigenvalue weighted by Gasteiger charge is 2.17. The number of carbonyl (C=O) groups excluding carboxylic acids is 1. The van der Waals surface area contributed by atoms with Crippen LogP contribution in [0, 0.1) is 0 Å². The lowest BCUT2D eigenvalue weighted by molar-refractivity contribution is 0.0105. The molecular weight excluding hydrogens is 264 g/mol. The maximum Gasteiger partial charge on any atom is 0.408 e. The van der Waals surface area contributed by atoms with E-state index in [1.165, 1.54) is 0 Å². The van der Waals surface area contributed by atoms with Crippen molar-refractivity contribution >= 4 is 6.09 Å². The molecule has 1 atom stereocenters. The molecule has 1 unspecified atom stereocenters. The molecule has 3 N–H and O–H groups in total. The summed E-state index contributed by atoms with van der Waals surface area (Å²) in [5.74, 6) is 0. The van der Waals surface area contributed by atoms with Gasteiger partial charge in [0.1, 0.15) is 11.8 Å². The van der Waals surface area contributed by atoms with Crippen molar-refractivity contribution in [2.24, 2.45) is 5.73 Å². The van der Waals surface area contributed by atoms with E-state index in [4.69, 9.17) is 24.7 Å². The van der Waals surface area contributed by atoms with Gasteiger partial charge in [0.05, 0.1) is 33.0 Å². The Morgan fingerprint density at radius 3 is 2.20 bits per heavy atom. The van der Waals surface area contributed by atoms with Crippen LogP contribution in [0.5, 0.6) is 0 Å². The van der Waals surface area contributed by atoms with E-state index < -0.39 is 17.9 Å². The molecule has 0 fully saturated rings. The Morgan fingerprint density at radius 2 is 1.65 bits per heavy atom. The van der Waals surface area contributed by atoms with Crippen LogP contribution in [0.3, 0.4) is 0 Å². The van der Waals surface area contributed by atoms with Gasteiger partial charge in [0.25, 0.3) is 0 Å². The van der Waals surface area contributed by atoms with Crippen LogP contribution >= 0.6 is 0 Å². The zero-order valence-corrected chi connectivity index (χ0v) is 12.9. The third-order valence-corrected chi connectivity index (χ3v) is 1.95. The van der Waals surface area contributed by atoms with E-state index in [2.05, 4.69) is 5.32 Å². The first-order valence-electron chi connectivity index (χ1n) is 6.83. The average Bonchev–Trinajstić information content (AvgIpc) is 2.30. The van der Waals surface area contributed by atoms with E-state index >= 15 is 0 Å². The van der Waals surface area contributed by atoms with Crippen molar-refractivity contribution in [3.8, 4) is 0 Å². The summed E-state index contributed by atoms with van der Waals surface area (Å²) in [4.78, 5) is 11.4. The predicted octanol–water partition coefficient (Wildman–Crippen LogP) is 0.866.